The molecule has 3 heterocycles. The molecular weight excluding hydrogens is 441 g/mol. The Hall–Kier alpha value is -3.79. The second-order valence-electron chi connectivity index (χ2n) is 7.86. The molecule has 0 aliphatic carbocycles. The lowest BCUT2D eigenvalue weighted by Crippen LogP contribution is -2.50. The Morgan fingerprint density at radius 3 is 2.55 bits per heavy atom. The molecule has 0 unspecified atom stereocenters. The van der Waals surface area contributed by atoms with E-state index in [1.54, 1.807) is 17.0 Å². The minimum absolute atomic E-state index is 0.121. The Morgan fingerprint density at radius 2 is 1.82 bits per heavy atom. The van der Waals surface area contributed by atoms with Gasteiger partial charge in [-0.05, 0) is 48.9 Å². The van der Waals surface area contributed by atoms with Crippen LogP contribution in [0, 0.1) is 12.7 Å². The first-order valence-electron chi connectivity index (χ1n) is 10.5. The molecule has 0 atom stereocenters. The van der Waals surface area contributed by atoms with Gasteiger partial charge in [-0.15, -0.1) is 11.3 Å². The third-order valence-electron chi connectivity index (χ3n) is 5.48. The van der Waals surface area contributed by atoms with Gasteiger partial charge in [0.25, 0.3) is 0 Å². The number of urea groups is 1. The number of aromatic nitrogens is 3. The summed E-state index contributed by atoms with van der Waals surface area (Å²) in [7, 11) is 0. The van der Waals surface area contributed by atoms with E-state index >= 15 is 0 Å². The van der Waals surface area contributed by atoms with Crippen molar-refractivity contribution in [3.8, 4) is 10.6 Å². The Kier molecular flexibility index (Phi) is 5.51. The molecule has 0 saturated carbocycles. The van der Waals surface area contributed by atoms with Gasteiger partial charge in [0.2, 0.25) is 5.95 Å². The number of nitrogens with zero attached hydrogens (tertiary/aromatic N) is 5. The number of amides is 2. The van der Waals surface area contributed by atoms with Crippen LogP contribution in [0.3, 0.4) is 0 Å². The molecule has 8 nitrogen and oxygen atoms in total. The first-order valence-corrected chi connectivity index (χ1v) is 11.4. The van der Waals surface area contributed by atoms with Gasteiger partial charge < -0.3 is 20.9 Å². The molecule has 0 spiro atoms. The van der Waals surface area contributed by atoms with Crippen LogP contribution in [-0.4, -0.2) is 52.1 Å². The number of hydrogen-bond acceptors (Lipinski definition) is 7. The van der Waals surface area contributed by atoms with Crippen LogP contribution in [0.4, 0.5) is 26.6 Å². The number of anilines is 3. The number of aryl methyl sites for hydroxylation is 1. The largest absolute Gasteiger partial charge is 0.368 e. The fourth-order valence-electron chi connectivity index (χ4n) is 3.80. The summed E-state index contributed by atoms with van der Waals surface area (Å²) in [4.78, 5) is 29.9. The molecule has 2 amide bonds. The number of thiazole rings is 1. The zero-order valence-corrected chi connectivity index (χ0v) is 18.8. The fourth-order valence-corrected chi connectivity index (χ4v) is 4.83. The molecule has 2 aromatic heterocycles. The van der Waals surface area contributed by atoms with Crippen LogP contribution in [-0.2, 0) is 0 Å². The van der Waals surface area contributed by atoms with E-state index in [4.69, 9.17) is 5.73 Å². The van der Waals surface area contributed by atoms with E-state index in [1.165, 1.54) is 23.5 Å². The summed E-state index contributed by atoms with van der Waals surface area (Å²) in [6.07, 6.45) is 0. The molecule has 1 aliphatic rings. The number of benzene rings is 2. The zero-order chi connectivity index (χ0) is 22.9. The van der Waals surface area contributed by atoms with Gasteiger partial charge in [-0.3, -0.25) is 0 Å². The SMILES string of the molecule is Cc1cccc(NC(=O)N2CCN(c3nc(N)nc4nc(-c5ccc(F)cc5)sc34)CC2)c1. The van der Waals surface area contributed by atoms with Gasteiger partial charge >= 0.3 is 6.03 Å². The Balaban J connectivity index is 1.33. The highest BCUT2D eigenvalue weighted by molar-refractivity contribution is 7.22. The monoisotopic (exact) mass is 463 g/mol. The van der Waals surface area contributed by atoms with Crippen molar-refractivity contribution in [2.75, 3.05) is 42.1 Å². The highest BCUT2D eigenvalue weighted by Gasteiger charge is 2.25. The number of fused-ring (bicyclic) bond motifs is 1. The summed E-state index contributed by atoms with van der Waals surface area (Å²) < 4.78 is 14.1. The third kappa shape index (κ3) is 4.42. The van der Waals surface area contributed by atoms with E-state index < -0.39 is 0 Å². The first-order chi connectivity index (χ1) is 16.0. The predicted octanol–water partition coefficient (Wildman–Crippen LogP) is 4.14. The number of nitrogens with two attached hydrogens (primary N) is 1. The van der Waals surface area contributed by atoms with Crippen LogP contribution < -0.4 is 16.0 Å². The van der Waals surface area contributed by atoms with Crippen molar-refractivity contribution in [1.82, 2.24) is 19.9 Å². The molecule has 10 heteroatoms. The predicted molar refractivity (Wildman–Crippen MR) is 129 cm³/mol. The minimum atomic E-state index is -0.297. The molecule has 3 N–H and O–H groups in total. The van der Waals surface area contributed by atoms with E-state index in [2.05, 4.69) is 25.2 Å². The van der Waals surface area contributed by atoms with Crippen LogP contribution in [0.25, 0.3) is 20.9 Å². The topological polar surface area (TPSA) is 100 Å². The quantitative estimate of drug-likeness (QED) is 0.474. The number of piperazine rings is 1. The maximum atomic E-state index is 13.3. The maximum absolute atomic E-state index is 13.3. The van der Waals surface area contributed by atoms with Gasteiger partial charge in [0, 0.05) is 37.4 Å². The fraction of sp³-hybridized carbons (Fsp3) is 0.217. The number of nitrogens with one attached hydrogen (secondary N) is 1. The standard InChI is InChI=1S/C23H22FN7OS/c1-14-3-2-4-17(13-14)26-23(32)31-11-9-30(10-12-31)20-18-19(28-22(25)29-20)27-21(33-18)15-5-7-16(24)8-6-15/h2-8,13H,9-12H2,1H3,(H,26,32)(H2,25,28,29). The molecule has 168 valence electrons. The molecule has 0 bridgehead atoms. The maximum Gasteiger partial charge on any atom is 0.321 e. The molecule has 0 radical (unpaired) electrons. The number of hydrogen-bond donors (Lipinski definition) is 2. The molecule has 5 rings (SSSR count). The lowest BCUT2D eigenvalue weighted by atomic mass is 10.2. The summed E-state index contributed by atoms with van der Waals surface area (Å²) in [5.41, 5.74) is 9.16. The van der Waals surface area contributed by atoms with E-state index in [0.717, 1.165) is 26.5 Å². The normalized spacial score (nSPS) is 14.0. The van der Waals surface area contributed by atoms with Crippen LogP contribution in [0.15, 0.2) is 48.5 Å². The van der Waals surface area contributed by atoms with Crippen molar-refractivity contribution in [3.05, 3.63) is 59.9 Å². The van der Waals surface area contributed by atoms with E-state index in [1.807, 2.05) is 31.2 Å². The van der Waals surface area contributed by atoms with Crippen LogP contribution in [0.2, 0.25) is 0 Å². The summed E-state index contributed by atoms with van der Waals surface area (Å²) in [6.45, 7) is 4.30. The van der Waals surface area contributed by atoms with Gasteiger partial charge in [-0.1, -0.05) is 12.1 Å². The summed E-state index contributed by atoms with van der Waals surface area (Å²) in [5.74, 6) is 0.559. The van der Waals surface area contributed by atoms with Crippen molar-refractivity contribution in [2.24, 2.45) is 0 Å². The third-order valence-corrected chi connectivity index (χ3v) is 6.57. The molecule has 33 heavy (non-hydrogen) atoms. The van der Waals surface area contributed by atoms with E-state index in [-0.39, 0.29) is 17.8 Å². The second-order valence-corrected chi connectivity index (χ2v) is 8.86. The Bertz CT molecular complexity index is 1320. The summed E-state index contributed by atoms with van der Waals surface area (Å²) in [5, 5.41) is 3.68. The van der Waals surface area contributed by atoms with Gasteiger partial charge in [-0.2, -0.15) is 9.97 Å². The van der Waals surface area contributed by atoms with Crippen LogP contribution in [0.5, 0.6) is 0 Å². The van der Waals surface area contributed by atoms with E-state index in [0.29, 0.717) is 37.6 Å². The molecule has 1 aliphatic heterocycles. The van der Waals surface area contributed by atoms with Gasteiger partial charge in [0.05, 0.1) is 0 Å². The average Bonchev–Trinajstić information content (AvgIpc) is 3.23. The van der Waals surface area contributed by atoms with Gasteiger partial charge in [-0.25, -0.2) is 14.2 Å². The van der Waals surface area contributed by atoms with Crippen molar-refractivity contribution >= 4 is 45.2 Å². The Morgan fingerprint density at radius 1 is 1.06 bits per heavy atom. The number of halogens is 1. The van der Waals surface area contributed by atoms with E-state index in [9.17, 15) is 9.18 Å². The van der Waals surface area contributed by atoms with Crippen molar-refractivity contribution < 1.29 is 9.18 Å². The van der Waals surface area contributed by atoms with Crippen molar-refractivity contribution in [1.29, 1.82) is 0 Å². The average molecular weight is 464 g/mol. The zero-order valence-electron chi connectivity index (χ0n) is 18.0. The Labute approximate surface area is 193 Å². The molecule has 2 aromatic carbocycles. The number of carbonyl (C=O) groups excluding carboxylic acids is 1. The summed E-state index contributed by atoms with van der Waals surface area (Å²) in [6, 6.07) is 13.8. The van der Waals surface area contributed by atoms with Gasteiger partial charge in [0.15, 0.2) is 11.5 Å². The molecule has 1 fully saturated rings. The van der Waals surface area contributed by atoms with Crippen molar-refractivity contribution in [2.45, 2.75) is 6.92 Å². The lowest BCUT2D eigenvalue weighted by Gasteiger charge is -2.35. The second kappa shape index (κ2) is 8.62. The van der Waals surface area contributed by atoms with Crippen LogP contribution in [0.1, 0.15) is 5.56 Å². The lowest BCUT2D eigenvalue weighted by molar-refractivity contribution is 0.208. The van der Waals surface area contributed by atoms with Crippen LogP contribution >= 0.6 is 11.3 Å². The highest BCUT2D eigenvalue weighted by atomic mass is 32.1. The minimum Gasteiger partial charge on any atom is -0.368 e. The van der Waals surface area contributed by atoms with Gasteiger partial charge in [0.1, 0.15) is 15.5 Å². The number of rotatable bonds is 3. The summed E-state index contributed by atoms with van der Waals surface area (Å²) >= 11 is 1.45. The highest BCUT2D eigenvalue weighted by Crippen LogP contribution is 2.35. The first kappa shape index (κ1) is 21.1. The molecule has 4 aromatic rings. The van der Waals surface area contributed by atoms with Crippen molar-refractivity contribution in [3.63, 3.8) is 0 Å². The number of nitrogen functional groups attached to an aromatic ring is 1. The molecule has 1 saturated heterocycles. The molecular formula is C23H22FN7OS. The smallest absolute Gasteiger partial charge is 0.321 e. The number of carbonyl (C=O) groups is 1.